The quantitative estimate of drug-likeness (QED) is 0.0263. The van der Waals surface area contributed by atoms with E-state index >= 15 is 0 Å². The van der Waals surface area contributed by atoms with E-state index in [1.165, 1.54) is 327 Å². The molecule has 0 aliphatic rings. The third-order valence-electron chi connectivity index (χ3n) is 15.8. The highest BCUT2D eigenvalue weighted by atomic mass is 35.5. The van der Waals surface area contributed by atoms with Crippen molar-refractivity contribution >= 4 is 27.5 Å². The first-order valence-electron chi connectivity index (χ1n) is 31.8. The van der Waals surface area contributed by atoms with Gasteiger partial charge in [0.1, 0.15) is 0 Å². The molecule has 0 bridgehead atoms. The summed E-state index contributed by atoms with van der Waals surface area (Å²) in [6.07, 6.45) is 77.9. The SMILES string of the molecule is CCCCCCCCCCCCCCCCCCCCC(C(=O)OC)C(Cl)(CCCCCCCCCCCCCCCCCCCC)CCCCCCCCCCCCCCCCCCCC.P. The lowest BCUT2D eigenvalue weighted by atomic mass is 9.79. The Balaban J connectivity index is 0. The molecule has 0 saturated carbocycles. The number of alkyl halides is 1. The van der Waals surface area contributed by atoms with Crippen LogP contribution in [0.1, 0.15) is 387 Å². The predicted octanol–water partition coefficient (Wildman–Crippen LogP) is 24.1. The van der Waals surface area contributed by atoms with Gasteiger partial charge in [0.15, 0.2) is 0 Å². The van der Waals surface area contributed by atoms with Crippen molar-refractivity contribution in [3.63, 3.8) is 0 Å². The molecule has 0 aromatic heterocycles. The number of carbonyl (C=O) groups excluding carboxylic acids is 1. The highest BCUT2D eigenvalue weighted by molar-refractivity contribution is 6.92. The summed E-state index contributed by atoms with van der Waals surface area (Å²) in [6.45, 7) is 6.92. The van der Waals surface area contributed by atoms with Crippen LogP contribution in [0.25, 0.3) is 0 Å². The minimum absolute atomic E-state index is 0. The summed E-state index contributed by atoms with van der Waals surface area (Å²) in [6, 6.07) is 0. The molecule has 2 unspecified atom stereocenters. The molecule has 2 nitrogen and oxygen atoms in total. The van der Waals surface area contributed by atoms with E-state index < -0.39 is 4.87 Å². The number of halogens is 1. The average molecular weight is 998 g/mol. The molecule has 0 N–H and O–H groups in total. The van der Waals surface area contributed by atoms with Crippen LogP contribution in [-0.4, -0.2) is 18.0 Å². The number of unbranched alkanes of at least 4 members (excludes halogenated alkanes) is 51. The topological polar surface area (TPSA) is 26.3 Å². The average Bonchev–Trinajstić information content (AvgIpc) is 3.33. The molecule has 0 aliphatic carbocycles. The van der Waals surface area contributed by atoms with Crippen molar-refractivity contribution < 1.29 is 9.53 Å². The molecule has 0 aliphatic heterocycles. The minimum Gasteiger partial charge on any atom is -0.469 e. The number of methoxy groups -OCH3 is 1. The smallest absolute Gasteiger partial charge is 0.310 e. The van der Waals surface area contributed by atoms with E-state index in [-0.39, 0.29) is 21.8 Å². The summed E-state index contributed by atoms with van der Waals surface area (Å²) in [7, 11) is 1.59. The van der Waals surface area contributed by atoms with Crippen LogP contribution in [0.4, 0.5) is 0 Å². The summed E-state index contributed by atoms with van der Waals surface area (Å²) in [5.74, 6) is -0.219. The first-order chi connectivity index (χ1) is 33.1. The Kier molecular flexibility index (Phi) is 61.7. The Morgan fingerprint density at radius 1 is 0.309 bits per heavy atom. The molecule has 410 valence electrons. The van der Waals surface area contributed by atoms with Gasteiger partial charge < -0.3 is 4.74 Å². The van der Waals surface area contributed by atoms with Crippen LogP contribution in [0.5, 0.6) is 0 Å². The zero-order valence-electron chi connectivity index (χ0n) is 47.8. The van der Waals surface area contributed by atoms with Gasteiger partial charge in [-0.1, -0.05) is 367 Å². The second kappa shape index (κ2) is 59.8. The fourth-order valence-corrected chi connectivity index (χ4v) is 11.6. The fraction of sp³-hybridized carbons (Fsp3) is 0.984. The van der Waals surface area contributed by atoms with Crippen LogP contribution in [0.15, 0.2) is 0 Å². The van der Waals surface area contributed by atoms with Crippen molar-refractivity contribution in [2.24, 2.45) is 5.92 Å². The Hall–Kier alpha value is 0.190. The van der Waals surface area contributed by atoms with E-state index in [9.17, 15) is 4.79 Å². The van der Waals surface area contributed by atoms with Crippen molar-refractivity contribution in [3.05, 3.63) is 0 Å². The van der Waals surface area contributed by atoms with Crippen molar-refractivity contribution in [1.29, 1.82) is 0 Å². The lowest BCUT2D eigenvalue weighted by Gasteiger charge is -2.34. The summed E-state index contributed by atoms with van der Waals surface area (Å²) < 4.78 is 5.50. The molecule has 0 fully saturated rings. The maximum absolute atomic E-state index is 13.4. The van der Waals surface area contributed by atoms with E-state index in [0.29, 0.717) is 0 Å². The second-order valence-electron chi connectivity index (χ2n) is 22.4. The zero-order chi connectivity index (χ0) is 48.7. The first kappa shape index (κ1) is 70.3. The Morgan fingerprint density at radius 3 is 0.647 bits per heavy atom. The van der Waals surface area contributed by atoms with Gasteiger partial charge in [-0.05, 0) is 19.3 Å². The summed E-state index contributed by atoms with van der Waals surface area (Å²) >= 11 is 7.71. The molecule has 0 aromatic carbocycles. The molecule has 2 atom stereocenters. The molecule has 68 heavy (non-hydrogen) atoms. The van der Waals surface area contributed by atoms with Gasteiger partial charge in [0.2, 0.25) is 0 Å². The molecule has 0 saturated heterocycles. The van der Waals surface area contributed by atoms with Gasteiger partial charge in [-0.15, -0.1) is 11.6 Å². The standard InChI is InChI=1S/C64H127ClO2.H3P/c1-5-8-11-14-17-20-23-26-29-32-35-38-41-44-47-50-53-56-59-62(63(66)67-4)64(65,60-57-54-51-48-45-42-39-36-33-30-27-24-21-18-15-12-9-6-2)61-58-55-52-49-46-43-40-37-34-31-28-25-22-19-16-13-10-7-3;/h62H,5-61H2,1-4H3;1H3. The van der Waals surface area contributed by atoms with Crippen LogP contribution in [0.3, 0.4) is 0 Å². The molecule has 0 aromatic rings. The summed E-state index contributed by atoms with van der Waals surface area (Å²) in [5, 5.41) is 0. The highest BCUT2D eigenvalue weighted by Crippen LogP contribution is 2.41. The molecule has 4 heteroatoms. The second-order valence-corrected chi connectivity index (χ2v) is 23.2. The zero-order valence-corrected chi connectivity index (χ0v) is 50.0. The third-order valence-corrected chi connectivity index (χ3v) is 16.5. The van der Waals surface area contributed by atoms with Crippen LogP contribution in [-0.2, 0) is 9.53 Å². The van der Waals surface area contributed by atoms with Crippen molar-refractivity contribution in [2.45, 2.75) is 392 Å². The van der Waals surface area contributed by atoms with Crippen LogP contribution < -0.4 is 0 Å². The number of hydrogen-bond donors (Lipinski definition) is 0. The maximum atomic E-state index is 13.4. The maximum Gasteiger partial charge on any atom is 0.310 e. The number of esters is 1. The molecule has 0 rings (SSSR count). The summed E-state index contributed by atoms with van der Waals surface area (Å²) in [4.78, 5) is 13.0. The Bertz CT molecular complexity index is 886. The third kappa shape index (κ3) is 51.1. The predicted molar refractivity (Wildman–Crippen MR) is 315 cm³/mol. The van der Waals surface area contributed by atoms with Crippen LogP contribution in [0.2, 0.25) is 0 Å². The van der Waals surface area contributed by atoms with Crippen molar-refractivity contribution in [3.8, 4) is 0 Å². The summed E-state index contributed by atoms with van der Waals surface area (Å²) in [5.41, 5.74) is 0. The van der Waals surface area contributed by atoms with Crippen LogP contribution >= 0.6 is 21.5 Å². The molecule has 0 amide bonds. The molecular weight excluding hydrogens is 867 g/mol. The minimum atomic E-state index is -0.453. The molecule has 0 spiro atoms. The number of hydrogen-bond acceptors (Lipinski definition) is 2. The lowest BCUT2D eigenvalue weighted by molar-refractivity contribution is -0.147. The Morgan fingerprint density at radius 2 is 0.471 bits per heavy atom. The van der Waals surface area contributed by atoms with Gasteiger partial charge >= 0.3 is 5.97 Å². The van der Waals surface area contributed by atoms with E-state index in [4.69, 9.17) is 16.3 Å². The number of rotatable bonds is 59. The van der Waals surface area contributed by atoms with Crippen molar-refractivity contribution in [2.75, 3.05) is 7.11 Å². The molecule has 0 radical (unpaired) electrons. The lowest BCUT2D eigenvalue weighted by Crippen LogP contribution is -2.38. The van der Waals surface area contributed by atoms with E-state index in [2.05, 4.69) is 20.8 Å². The Labute approximate surface area is 439 Å². The van der Waals surface area contributed by atoms with E-state index in [1.54, 1.807) is 7.11 Å². The van der Waals surface area contributed by atoms with Gasteiger partial charge in [0, 0.05) is 0 Å². The largest absolute Gasteiger partial charge is 0.469 e. The molecule has 0 heterocycles. The van der Waals surface area contributed by atoms with Gasteiger partial charge in [0.25, 0.3) is 0 Å². The van der Waals surface area contributed by atoms with Crippen LogP contribution in [0, 0.1) is 5.92 Å². The number of carbonyl (C=O) groups is 1. The van der Waals surface area contributed by atoms with Gasteiger partial charge in [0.05, 0.1) is 17.9 Å². The van der Waals surface area contributed by atoms with Gasteiger partial charge in [-0.25, -0.2) is 0 Å². The number of ether oxygens (including phenoxy) is 1. The van der Waals surface area contributed by atoms with Crippen molar-refractivity contribution in [1.82, 2.24) is 0 Å². The van der Waals surface area contributed by atoms with Gasteiger partial charge in [-0.2, -0.15) is 9.90 Å². The highest BCUT2D eigenvalue weighted by Gasteiger charge is 2.40. The van der Waals surface area contributed by atoms with E-state index in [1.807, 2.05) is 0 Å². The normalized spacial score (nSPS) is 12.2. The first-order valence-corrected chi connectivity index (χ1v) is 32.2. The van der Waals surface area contributed by atoms with Gasteiger partial charge in [-0.3, -0.25) is 4.79 Å². The van der Waals surface area contributed by atoms with E-state index in [0.717, 1.165) is 38.5 Å². The molecular formula is C64H130ClO2P. The monoisotopic (exact) mass is 997 g/mol. The fourth-order valence-electron chi connectivity index (χ4n) is 11.1.